The van der Waals surface area contributed by atoms with E-state index in [0.717, 1.165) is 42.6 Å². The Kier molecular flexibility index (Phi) is 3.86. The van der Waals surface area contributed by atoms with Crippen molar-refractivity contribution in [3.05, 3.63) is 33.9 Å². The van der Waals surface area contributed by atoms with Crippen LogP contribution in [0, 0.1) is 33.6 Å². The Morgan fingerprint density at radius 1 is 1.17 bits per heavy atom. The molecule has 0 aliphatic carbocycles. The molecule has 0 bridgehead atoms. The van der Waals surface area contributed by atoms with Crippen LogP contribution in [0.1, 0.15) is 45.5 Å². The van der Waals surface area contributed by atoms with Crippen molar-refractivity contribution in [3.63, 3.8) is 0 Å². The molecule has 1 aromatic carbocycles. The lowest BCUT2D eigenvalue weighted by Gasteiger charge is -2.24. The number of benzene rings is 1. The maximum absolute atomic E-state index is 12.7. The molecule has 98 valence electrons. The van der Waals surface area contributed by atoms with Gasteiger partial charge in [0.1, 0.15) is 0 Å². The SMILES string of the molecule is Cc1cc(C)c(C)c(C(=O)C2CCCNC2)c1C. The number of aryl methyl sites for hydroxylation is 2. The maximum atomic E-state index is 12.7. The van der Waals surface area contributed by atoms with E-state index in [1.807, 2.05) is 0 Å². The number of Topliss-reactive ketones (excluding diaryl/α,β-unsaturated/α-hetero) is 1. The van der Waals surface area contributed by atoms with Gasteiger partial charge in [-0.2, -0.15) is 0 Å². The van der Waals surface area contributed by atoms with Gasteiger partial charge in [0.2, 0.25) is 0 Å². The van der Waals surface area contributed by atoms with Gasteiger partial charge in [0.25, 0.3) is 0 Å². The summed E-state index contributed by atoms with van der Waals surface area (Å²) in [7, 11) is 0. The average molecular weight is 245 g/mol. The van der Waals surface area contributed by atoms with E-state index in [1.54, 1.807) is 0 Å². The molecule has 2 rings (SSSR count). The third-order valence-corrected chi connectivity index (χ3v) is 4.28. The quantitative estimate of drug-likeness (QED) is 0.811. The summed E-state index contributed by atoms with van der Waals surface area (Å²) < 4.78 is 0. The number of piperidine rings is 1. The van der Waals surface area contributed by atoms with E-state index in [9.17, 15) is 4.79 Å². The fourth-order valence-electron chi connectivity index (χ4n) is 2.87. The van der Waals surface area contributed by atoms with E-state index in [1.165, 1.54) is 11.1 Å². The molecule has 1 aliphatic heterocycles. The van der Waals surface area contributed by atoms with Crippen LogP contribution in [0.3, 0.4) is 0 Å². The van der Waals surface area contributed by atoms with Gasteiger partial charge in [0, 0.05) is 18.0 Å². The second-order valence-electron chi connectivity index (χ2n) is 5.54. The highest BCUT2D eigenvalue weighted by Crippen LogP contribution is 2.26. The van der Waals surface area contributed by atoms with Crippen LogP contribution < -0.4 is 5.32 Å². The van der Waals surface area contributed by atoms with Crippen LogP contribution in [-0.4, -0.2) is 18.9 Å². The summed E-state index contributed by atoms with van der Waals surface area (Å²) >= 11 is 0. The molecular weight excluding hydrogens is 222 g/mol. The first kappa shape index (κ1) is 13.3. The van der Waals surface area contributed by atoms with Gasteiger partial charge in [-0.1, -0.05) is 6.07 Å². The fraction of sp³-hybridized carbons (Fsp3) is 0.562. The molecule has 2 nitrogen and oxygen atoms in total. The van der Waals surface area contributed by atoms with Gasteiger partial charge in [-0.25, -0.2) is 0 Å². The molecule has 1 fully saturated rings. The average Bonchev–Trinajstić information content (AvgIpc) is 2.37. The third kappa shape index (κ3) is 2.35. The number of carbonyl (C=O) groups is 1. The second-order valence-corrected chi connectivity index (χ2v) is 5.54. The van der Waals surface area contributed by atoms with Gasteiger partial charge >= 0.3 is 0 Å². The minimum atomic E-state index is 0.164. The number of hydrogen-bond donors (Lipinski definition) is 1. The topological polar surface area (TPSA) is 29.1 Å². The summed E-state index contributed by atoms with van der Waals surface area (Å²) in [5.74, 6) is 0.501. The lowest BCUT2D eigenvalue weighted by molar-refractivity contribution is 0.0898. The Balaban J connectivity index is 2.40. The van der Waals surface area contributed by atoms with Crippen LogP contribution >= 0.6 is 0 Å². The minimum absolute atomic E-state index is 0.164. The van der Waals surface area contributed by atoms with Crippen LogP contribution in [0.2, 0.25) is 0 Å². The number of nitrogens with one attached hydrogen (secondary N) is 1. The van der Waals surface area contributed by atoms with E-state index in [-0.39, 0.29) is 5.92 Å². The molecule has 1 unspecified atom stereocenters. The Morgan fingerprint density at radius 2 is 1.78 bits per heavy atom. The highest BCUT2D eigenvalue weighted by atomic mass is 16.1. The standard InChI is InChI=1S/C16H23NO/c1-10-8-11(2)13(4)15(12(10)3)16(18)14-6-5-7-17-9-14/h8,14,17H,5-7,9H2,1-4H3. The van der Waals surface area contributed by atoms with Gasteiger partial charge in [-0.3, -0.25) is 4.79 Å². The minimum Gasteiger partial charge on any atom is -0.316 e. The van der Waals surface area contributed by atoms with Gasteiger partial charge in [0.05, 0.1) is 0 Å². The summed E-state index contributed by atoms with van der Waals surface area (Å²) in [6, 6.07) is 2.18. The maximum Gasteiger partial charge on any atom is 0.167 e. The summed E-state index contributed by atoms with van der Waals surface area (Å²) in [6.07, 6.45) is 2.14. The molecule has 0 spiro atoms. The van der Waals surface area contributed by atoms with E-state index in [2.05, 4.69) is 39.1 Å². The molecule has 18 heavy (non-hydrogen) atoms. The van der Waals surface area contributed by atoms with Crippen molar-refractivity contribution in [2.75, 3.05) is 13.1 Å². The zero-order valence-electron chi connectivity index (χ0n) is 11.9. The molecule has 1 saturated heterocycles. The lowest BCUT2D eigenvalue weighted by Crippen LogP contribution is -2.35. The smallest absolute Gasteiger partial charge is 0.167 e. The summed E-state index contributed by atoms with van der Waals surface area (Å²) in [6.45, 7) is 10.2. The van der Waals surface area contributed by atoms with Gasteiger partial charge in [-0.05, 0) is 69.3 Å². The van der Waals surface area contributed by atoms with Crippen molar-refractivity contribution in [2.24, 2.45) is 5.92 Å². The van der Waals surface area contributed by atoms with Crippen molar-refractivity contribution in [3.8, 4) is 0 Å². The largest absolute Gasteiger partial charge is 0.316 e. The van der Waals surface area contributed by atoms with E-state index in [0.29, 0.717) is 5.78 Å². The predicted octanol–water partition coefficient (Wildman–Crippen LogP) is 3.10. The van der Waals surface area contributed by atoms with E-state index >= 15 is 0 Å². The van der Waals surface area contributed by atoms with E-state index in [4.69, 9.17) is 0 Å². The normalized spacial score (nSPS) is 19.9. The highest BCUT2D eigenvalue weighted by molar-refractivity contribution is 6.01. The summed E-state index contributed by atoms with van der Waals surface area (Å²) in [5, 5.41) is 3.33. The van der Waals surface area contributed by atoms with Crippen molar-refractivity contribution >= 4 is 5.78 Å². The zero-order valence-corrected chi connectivity index (χ0v) is 11.9. The number of rotatable bonds is 2. The molecule has 0 amide bonds. The van der Waals surface area contributed by atoms with Crippen LogP contribution in [-0.2, 0) is 0 Å². The van der Waals surface area contributed by atoms with Crippen LogP contribution in [0.5, 0.6) is 0 Å². The van der Waals surface area contributed by atoms with Crippen molar-refractivity contribution in [1.82, 2.24) is 5.32 Å². The first-order chi connectivity index (χ1) is 8.52. The van der Waals surface area contributed by atoms with Crippen molar-refractivity contribution in [1.29, 1.82) is 0 Å². The lowest BCUT2D eigenvalue weighted by atomic mass is 9.84. The Hall–Kier alpha value is -1.15. The first-order valence-corrected chi connectivity index (χ1v) is 6.84. The van der Waals surface area contributed by atoms with Crippen LogP contribution in [0.15, 0.2) is 6.07 Å². The Morgan fingerprint density at radius 3 is 2.28 bits per heavy atom. The highest BCUT2D eigenvalue weighted by Gasteiger charge is 2.25. The zero-order chi connectivity index (χ0) is 13.3. The van der Waals surface area contributed by atoms with Crippen LogP contribution in [0.25, 0.3) is 0 Å². The number of hydrogen-bond acceptors (Lipinski definition) is 2. The number of ketones is 1. The monoisotopic (exact) mass is 245 g/mol. The van der Waals surface area contributed by atoms with Crippen LogP contribution in [0.4, 0.5) is 0 Å². The fourth-order valence-corrected chi connectivity index (χ4v) is 2.87. The predicted molar refractivity (Wildman–Crippen MR) is 75.3 cm³/mol. The van der Waals surface area contributed by atoms with Gasteiger partial charge < -0.3 is 5.32 Å². The first-order valence-electron chi connectivity index (χ1n) is 6.84. The molecule has 0 saturated carbocycles. The second kappa shape index (κ2) is 5.23. The molecule has 1 aliphatic rings. The van der Waals surface area contributed by atoms with E-state index < -0.39 is 0 Å². The molecular formula is C16H23NO. The van der Waals surface area contributed by atoms with Gasteiger partial charge in [-0.15, -0.1) is 0 Å². The van der Waals surface area contributed by atoms with Gasteiger partial charge in [0.15, 0.2) is 5.78 Å². The Bertz CT molecular complexity index is 444. The number of carbonyl (C=O) groups excluding carboxylic acids is 1. The van der Waals surface area contributed by atoms with Crippen molar-refractivity contribution < 1.29 is 4.79 Å². The molecule has 0 aromatic heterocycles. The molecule has 2 heteroatoms. The molecule has 1 atom stereocenters. The Labute approximate surface area is 110 Å². The molecule has 1 heterocycles. The molecule has 1 aromatic rings. The third-order valence-electron chi connectivity index (χ3n) is 4.28. The summed E-state index contributed by atoms with van der Waals surface area (Å²) in [4.78, 5) is 12.7. The van der Waals surface area contributed by atoms with Crippen molar-refractivity contribution in [2.45, 2.75) is 40.5 Å². The summed E-state index contributed by atoms with van der Waals surface area (Å²) in [5.41, 5.74) is 5.75. The molecule has 1 N–H and O–H groups in total. The molecule has 0 radical (unpaired) electrons.